The molecule has 0 bridgehead atoms. The molecule has 0 radical (unpaired) electrons. The lowest BCUT2D eigenvalue weighted by Crippen LogP contribution is -1.98. The Labute approximate surface area is 136 Å². The normalized spacial score (nSPS) is 11.7. The number of carbonyl (C=O) groups excluding carboxylic acids is 1. The van der Waals surface area contributed by atoms with Crippen molar-refractivity contribution < 1.29 is 14.3 Å². The van der Waals surface area contributed by atoms with Gasteiger partial charge in [-0.3, -0.25) is 4.79 Å². The third-order valence-electron chi connectivity index (χ3n) is 3.28. The van der Waals surface area contributed by atoms with Gasteiger partial charge in [0.05, 0.1) is 19.6 Å². The number of ether oxygens (including phenoxy) is 2. The zero-order chi connectivity index (χ0) is 16.3. The number of carbonyl (C=O) groups is 1. The highest BCUT2D eigenvalue weighted by atomic mass is 16.5. The first-order chi connectivity index (χ1) is 10.8. The summed E-state index contributed by atoms with van der Waals surface area (Å²) in [5.74, 6) is -0.112. The predicted octanol–water partition coefficient (Wildman–Crippen LogP) is 5.68. The minimum atomic E-state index is -0.112. The molecule has 0 aromatic heterocycles. The molecule has 0 aliphatic heterocycles. The van der Waals surface area contributed by atoms with Crippen molar-refractivity contribution in [3.05, 3.63) is 36.8 Å². The molecule has 0 rings (SSSR count). The van der Waals surface area contributed by atoms with Crippen molar-refractivity contribution >= 4 is 5.97 Å². The second-order valence-corrected chi connectivity index (χ2v) is 5.29. The Balaban J connectivity index is 3.31. The molecule has 3 nitrogen and oxygen atoms in total. The summed E-state index contributed by atoms with van der Waals surface area (Å²) in [4.78, 5) is 10.9. The van der Waals surface area contributed by atoms with Gasteiger partial charge in [0.15, 0.2) is 0 Å². The molecule has 0 saturated heterocycles. The van der Waals surface area contributed by atoms with Crippen LogP contribution >= 0.6 is 0 Å². The van der Waals surface area contributed by atoms with Gasteiger partial charge in [-0.15, -0.1) is 0 Å². The number of methoxy groups -OCH3 is 1. The van der Waals surface area contributed by atoms with Crippen LogP contribution in [-0.4, -0.2) is 13.1 Å². The molecule has 0 N–H and O–H groups in total. The van der Waals surface area contributed by atoms with Gasteiger partial charge in [0.25, 0.3) is 0 Å². The van der Waals surface area contributed by atoms with Crippen LogP contribution in [0.5, 0.6) is 0 Å². The summed E-state index contributed by atoms with van der Waals surface area (Å²) in [5.41, 5.74) is 0. The number of unbranched alkanes of at least 4 members (excludes halogenated alkanes) is 7. The van der Waals surface area contributed by atoms with Crippen molar-refractivity contribution in [2.24, 2.45) is 0 Å². The van der Waals surface area contributed by atoms with E-state index in [4.69, 9.17) is 4.74 Å². The van der Waals surface area contributed by atoms with Gasteiger partial charge in [0.2, 0.25) is 0 Å². The highest BCUT2D eigenvalue weighted by Gasteiger charge is 1.98. The number of hydrogen-bond acceptors (Lipinski definition) is 3. The highest BCUT2D eigenvalue weighted by Crippen LogP contribution is 2.06. The highest BCUT2D eigenvalue weighted by molar-refractivity contribution is 5.68. The zero-order valence-corrected chi connectivity index (χ0v) is 14.3. The Hall–Kier alpha value is -1.51. The molecule has 0 aliphatic rings. The second kappa shape index (κ2) is 17.5. The molecule has 0 aliphatic carbocycles. The van der Waals surface area contributed by atoms with Crippen molar-refractivity contribution in [1.82, 2.24) is 0 Å². The molecule has 0 unspecified atom stereocenters. The van der Waals surface area contributed by atoms with Gasteiger partial charge in [-0.05, 0) is 44.3 Å². The van der Waals surface area contributed by atoms with E-state index in [9.17, 15) is 4.79 Å². The van der Waals surface area contributed by atoms with E-state index >= 15 is 0 Å². The van der Waals surface area contributed by atoms with Crippen LogP contribution in [0.4, 0.5) is 0 Å². The van der Waals surface area contributed by atoms with Crippen molar-refractivity contribution in [2.45, 2.75) is 71.1 Å². The average Bonchev–Trinajstić information content (AvgIpc) is 2.54. The lowest BCUT2D eigenvalue weighted by molar-refractivity contribution is -0.140. The van der Waals surface area contributed by atoms with Crippen LogP contribution in [0.25, 0.3) is 0 Å². The number of allylic oxidation sites excluding steroid dienone is 4. The van der Waals surface area contributed by atoms with Crippen LogP contribution in [-0.2, 0) is 14.3 Å². The largest absolute Gasteiger partial charge is 0.473 e. The quantitative estimate of drug-likeness (QED) is 0.179. The van der Waals surface area contributed by atoms with E-state index in [2.05, 4.69) is 17.7 Å². The van der Waals surface area contributed by atoms with Crippen LogP contribution in [0.3, 0.4) is 0 Å². The first-order valence-electron chi connectivity index (χ1n) is 8.50. The fourth-order valence-corrected chi connectivity index (χ4v) is 1.93. The summed E-state index contributed by atoms with van der Waals surface area (Å²) in [6.45, 7) is 2.21. The maximum absolute atomic E-state index is 10.9. The van der Waals surface area contributed by atoms with Gasteiger partial charge in [-0.25, -0.2) is 0 Å². The fourth-order valence-electron chi connectivity index (χ4n) is 1.93. The smallest absolute Gasteiger partial charge is 0.305 e. The number of hydrogen-bond donors (Lipinski definition) is 0. The van der Waals surface area contributed by atoms with Crippen molar-refractivity contribution in [2.75, 3.05) is 7.11 Å². The SMILES string of the molecule is CCCCCC=CC=COC=CCCCCCCC(=O)OC. The summed E-state index contributed by atoms with van der Waals surface area (Å²) in [7, 11) is 1.43. The molecule has 0 aromatic carbocycles. The molecule has 126 valence electrons. The molecular formula is C19H32O3. The van der Waals surface area contributed by atoms with E-state index in [0.717, 1.165) is 38.5 Å². The van der Waals surface area contributed by atoms with Crippen molar-refractivity contribution in [3.8, 4) is 0 Å². The van der Waals surface area contributed by atoms with E-state index in [-0.39, 0.29) is 5.97 Å². The van der Waals surface area contributed by atoms with Crippen molar-refractivity contribution in [1.29, 1.82) is 0 Å². The summed E-state index contributed by atoms with van der Waals surface area (Å²) in [6, 6.07) is 0. The predicted molar refractivity (Wildman–Crippen MR) is 92.4 cm³/mol. The Morgan fingerprint density at radius 2 is 1.59 bits per heavy atom. The molecular weight excluding hydrogens is 276 g/mol. The van der Waals surface area contributed by atoms with E-state index < -0.39 is 0 Å². The molecule has 3 heteroatoms. The van der Waals surface area contributed by atoms with E-state index in [1.807, 2.05) is 18.2 Å². The summed E-state index contributed by atoms with van der Waals surface area (Å²) >= 11 is 0. The third-order valence-corrected chi connectivity index (χ3v) is 3.28. The van der Waals surface area contributed by atoms with E-state index in [1.165, 1.54) is 26.4 Å². The number of esters is 1. The van der Waals surface area contributed by atoms with Crippen LogP contribution in [0.15, 0.2) is 36.8 Å². The maximum Gasteiger partial charge on any atom is 0.305 e. The standard InChI is InChI=1S/C19H32O3/c1-3-4-5-6-8-11-14-17-22-18-15-12-9-7-10-13-16-19(20)21-2/h8,11,14-15,17-18H,3-7,9-10,12-13,16H2,1-2H3. The van der Waals surface area contributed by atoms with Crippen LogP contribution in [0.1, 0.15) is 71.1 Å². The lowest BCUT2D eigenvalue weighted by atomic mass is 10.1. The average molecular weight is 308 g/mol. The van der Waals surface area contributed by atoms with Gasteiger partial charge in [-0.1, -0.05) is 44.8 Å². The number of rotatable bonds is 14. The maximum atomic E-state index is 10.9. The minimum absolute atomic E-state index is 0.112. The Kier molecular flexibility index (Phi) is 16.3. The second-order valence-electron chi connectivity index (χ2n) is 5.29. The molecule has 22 heavy (non-hydrogen) atoms. The third kappa shape index (κ3) is 16.5. The Bertz CT molecular complexity index is 330. The van der Waals surface area contributed by atoms with E-state index in [1.54, 1.807) is 12.5 Å². The van der Waals surface area contributed by atoms with Gasteiger partial charge in [0, 0.05) is 6.42 Å². The lowest BCUT2D eigenvalue weighted by Gasteiger charge is -1.99. The molecule has 0 heterocycles. The Morgan fingerprint density at radius 1 is 0.864 bits per heavy atom. The van der Waals surface area contributed by atoms with Crippen LogP contribution < -0.4 is 0 Å². The van der Waals surface area contributed by atoms with Gasteiger partial charge < -0.3 is 9.47 Å². The summed E-state index contributed by atoms with van der Waals surface area (Å²) in [6.07, 6.45) is 22.4. The molecule has 0 saturated carbocycles. The van der Waals surface area contributed by atoms with Gasteiger partial charge in [0.1, 0.15) is 0 Å². The first kappa shape index (κ1) is 20.5. The monoisotopic (exact) mass is 308 g/mol. The Morgan fingerprint density at radius 3 is 2.36 bits per heavy atom. The van der Waals surface area contributed by atoms with Crippen LogP contribution in [0.2, 0.25) is 0 Å². The topological polar surface area (TPSA) is 35.5 Å². The van der Waals surface area contributed by atoms with Gasteiger partial charge >= 0.3 is 5.97 Å². The molecule has 0 atom stereocenters. The molecule has 0 fully saturated rings. The zero-order valence-electron chi connectivity index (χ0n) is 14.3. The fraction of sp³-hybridized carbons (Fsp3) is 0.632. The van der Waals surface area contributed by atoms with Gasteiger partial charge in [-0.2, -0.15) is 0 Å². The molecule has 0 amide bonds. The molecule has 0 spiro atoms. The minimum Gasteiger partial charge on any atom is -0.473 e. The van der Waals surface area contributed by atoms with E-state index in [0.29, 0.717) is 6.42 Å². The van der Waals surface area contributed by atoms with Crippen molar-refractivity contribution in [3.63, 3.8) is 0 Å². The summed E-state index contributed by atoms with van der Waals surface area (Å²) in [5, 5.41) is 0. The first-order valence-corrected chi connectivity index (χ1v) is 8.50. The van der Waals surface area contributed by atoms with Crippen LogP contribution in [0, 0.1) is 0 Å². The molecule has 0 aromatic rings. The summed E-state index contributed by atoms with van der Waals surface area (Å²) < 4.78 is 9.86.